The molecule has 0 fully saturated rings. The summed E-state index contributed by atoms with van der Waals surface area (Å²) in [5.41, 5.74) is -0.860. The number of aromatic nitrogens is 1. The summed E-state index contributed by atoms with van der Waals surface area (Å²) in [6.07, 6.45) is 0. The molecule has 0 radical (unpaired) electrons. The van der Waals surface area contributed by atoms with E-state index in [-0.39, 0.29) is 5.75 Å². The Labute approximate surface area is 120 Å². The second-order valence-corrected chi connectivity index (χ2v) is 8.01. The quantitative estimate of drug-likeness (QED) is 0.752. The molecule has 100 valence electrons. The summed E-state index contributed by atoms with van der Waals surface area (Å²) in [5, 5.41) is 5.20. The minimum atomic E-state index is -3.39. The van der Waals surface area contributed by atoms with Crippen LogP contribution in [0.2, 0.25) is 0 Å². The first-order valence-electron chi connectivity index (χ1n) is 4.93. The van der Waals surface area contributed by atoms with Crippen molar-refractivity contribution in [2.24, 2.45) is 4.99 Å². The van der Waals surface area contributed by atoms with Crippen molar-refractivity contribution in [2.45, 2.75) is 12.5 Å². The van der Waals surface area contributed by atoms with Crippen LogP contribution in [0.15, 0.2) is 15.0 Å². The third-order valence-corrected chi connectivity index (χ3v) is 6.59. The van der Waals surface area contributed by atoms with Crippen molar-refractivity contribution in [3.05, 3.63) is 15.0 Å². The van der Waals surface area contributed by atoms with Gasteiger partial charge in [-0.2, -0.15) is 0 Å². The van der Waals surface area contributed by atoms with E-state index in [4.69, 9.17) is 0 Å². The van der Waals surface area contributed by atoms with Gasteiger partial charge in [0, 0.05) is 12.4 Å². The molecule has 1 aliphatic heterocycles. The number of aliphatic imine (C=N–C) groups is 1. The van der Waals surface area contributed by atoms with Gasteiger partial charge in [-0.15, -0.1) is 11.3 Å². The highest BCUT2D eigenvalue weighted by Crippen LogP contribution is 2.34. The van der Waals surface area contributed by atoms with E-state index in [0.717, 1.165) is 4.31 Å². The van der Waals surface area contributed by atoms with Gasteiger partial charge in [0.2, 0.25) is 16.0 Å². The lowest BCUT2D eigenvalue weighted by Gasteiger charge is -2.33. The highest BCUT2D eigenvalue weighted by atomic mass is 79.9. The third kappa shape index (κ3) is 2.41. The Morgan fingerprint density at radius 2 is 2.33 bits per heavy atom. The Bertz CT molecular complexity index is 602. The Morgan fingerprint density at radius 1 is 1.67 bits per heavy atom. The predicted octanol–water partition coefficient (Wildman–Crippen LogP) is 1.13. The van der Waals surface area contributed by atoms with Crippen LogP contribution < -0.4 is 5.09 Å². The second-order valence-electron chi connectivity index (χ2n) is 4.05. The summed E-state index contributed by atoms with van der Waals surface area (Å²) >= 11 is 4.65. The van der Waals surface area contributed by atoms with Crippen LogP contribution in [0, 0.1) is 0 Å². The zero-order valence-electron chi connectivity index (χ0n) is 9.71. The Morgan fingerprint density at radius 3 is 2.83 bits per heavy atom. The van der Waals surface area contributed by atoms with Gasteiger partial charge in [-0.3, -0.25) is 0 Å². The van der Waals surface area contributed by atoms with Crippen LogP contribution >= 0.6 is 36.7 Å². The van der Waals surface area contributed by atoms with E-state index in [9.17, 15) is 8.42 Å². The van der Waals surface area contributed by atoms with Crippen molar-refractivity contribution in [2.75, 3.05) is 12.8 Å². The normalized spacial score (nSPS) is 26.9. The first-order chi connectivity index (χ1) is 8.28. The molecule has 1 aromatic rings. The van der Waals surface area contributed by atoms with E-state index in [0.29, 0.717) is 15.6 Å². The minimum absolute atomic E-state index is 0.0910. The van der Waals surface area contributed by atoms with E-state index in [1.807, 2.05) is 5.38 Å². The van der Waals surface area contributed by atoms with Crippen LogP contribution in [0.25, 0.3) is 0 Å². The van der Waals surface area contributed by atoms with Crippen LogP contribution in [0.4, 0.5) is 0 Å². The summed E-state index contributed by atoms with van der Waals surface area (Å²) in [6.45, 7) is 1.77. The summed E-state index contributed by atoms with van der Waals surface area (Å²) in [7, 11) is 0.341. The minimum Gasteiger partial charge on any atom is -0.340 e. The number of hydrogen-bond donors (Lipinski definition) is 1. The van der Waals surface area contributed by atoms with Crippen molar-refractivity contribution in [1.82, 2.24) is 14.4 Å². The largest absolute Gasteiger partial charge is 0.340 e. The van der Waals surface area contributed by atoms with Gasteiger partial charge in [0.15, 0.2) is 0 Å². The Hall–Kier alpha value is -0.240. The summed E-state index contributed by atoms with van der Waals surface area (Å²) in [5.74, 6) is 0.201. The van der Waals surface area contributed by atoms with Gasteiger partial charge in [-0.1, -0.05) is 0 Å². The van der Waals surface area contributed by atoms with Gasteiger partial charge in [-0.05, 0) is 32.2 Å². The maximum atomic E-state index is 12.1. The van der Waals surface area contributed by atoms with Crippen molar-refractivity contribution in [1.29, 1.82) is 0 Å². The summed E-state index contributed by atoms with van der Waals surface area (Å²) in [4.78, 5) is 8.73. The summed E-state index contributed by atoms with van der Waals surface area (Å²) < 4.78 is 26.0. The molecule has 1 N–H and O–H groups in total. The third-order valence-electron chi connectivity index (χ3n) is 2.60. The molecule has 18 heavy (non-hydrogen) atoms. The van der Waals surface area contributed by atoms with E-state index in [1.54, 1.807) is 6.92 Å². The maximum absolute atomic E-state index is 12.1. The summed E-state index contributed by atoms with van der Waals surface area (Å²) in [6, 6.07) is 0. The lowest BCUT2D eigenvalue weighted by atomic mass is 10.1. The van der Waals surface area contributed by atoms with E-state index in [1.165, 1.54) is 18.4 Å². The number of hydrogen-bond acceptors (Lipinski definition) is 6. The zero-order chi connectivity index (χ0) is 13.6. The standard InChI is InChI=1S/C8H12BrN4O2PS2/c1-8(6-10-5(9)3-17-6)4-18(14,15)13(2)7(11-8)12-16/h3H,4,16H2,1-2H3,(H,11,12)/t8-/m0/s1. The van der Waals surface area contributed by atoms with E-state index in [2.05, 4.69) is 40.4 Å². The fourth-order valence-corrected chi connectivity index (χ4v) is 4.92. The molecule has 1 aliphatic rings. The highest BCUT2D eigenvalue weighted by Gasteiger charge is 2.42. The molecule has 2 heterocycles. The highest BCUT2D eigenvalue weighted by molar-refractivity contribution is 9.10. The van der Waals surface area contributed by atoms with Crippen molar-refractivity contribution in [3.63, 3.8) is 0 Å². The maximum Gasteiger partial charge on any atom is 0.240 e. The molecule has 0 saturated carbocycles. The average molecular weight is 371 g/mol. The van der Waals surface area contributed by atoms with Crippen molar-refractivity contribution in [3.8, 4) is 0 Å². The van der Waals surface area contributed by atoms with Crippen molar-refractivity contribution >= 4 is 52.6 Å². The van der Waals surface area contributed by atoms with Gasteiger partial charge >= 0.3 is 0 Å². The monoisotopic (exact) mass is 370 g/mol. The van der Waals surface area contributed by atoms with Gasteiger partial charge in [0.25, 0.3) is 0 Å². The Balaban J connectivity index is 2.54. The Kier molecular flexibility index (Phi) is 3.70. The molecular weight excluding hydrogens is 359 g/mol. The van der Waals surface area contributed by atoms with Gasteiger partial charge in [-0.25, -0.2) is 22.7 Å². The number of nitrogens with one attached hydrogen (secondary N) is 1. The van der Waals surface area contributed by atoms with Gasteiger partial charge in [0.1, 0.15) is 20.9 Å². The molecule has 1 aromatic heterocycles. The zero-order valence-corrected chi connectivity index (χ0v) is 14.1. The topological polar surface area (TPSA) is 74.7 Å². The number of thiazole rings is 1. The molecule has 1 unspecified atom stereocenters. The number of nitrogens with zero attached hydrogens (tertiary/aromatic N) is 3. The lowest BCUT2D eigenvalue weighted by Crippen LogP contribution is -2.50. The van der Waals surface area contributed by atoms with Crippen LogP contribution in [0.1, 0.15) is 11.9 Å². The van der Waals surface area contributed by atoms with E-state index >= 15 is 0 Å². The molecule has 0 aliphatic carbocycles. The number of guanidine groups is 1. The lowest BCUT2D eigenvalue weighted by molar-refractivity contribution is 0.473. The van der Waals surface area contributed by atoms with Crippen molar-refractivity contribution < 1.29 is 8.42 Å². The first kappa shape index (κ1) is 14.2. The SMILES string of the molecule is CN1C(NP)=N[C@](C)(c2nc(Br)cs2)CS1(=O)=O. The van der Waals surface area contributed by atoms with Crippen LogP contribution in [0.3, 0.4) is 0 Å². The number of sulfonamides is 1. The molecule has 2 rings (SSSR count). The molecule has 0 aromatic carbocycles. The molecule has 0 amide bonds. The van der Waals surface area contributed by atoms with Crippen LogP contribution in [-0.2, 0) is 15.6 Å². The molecule has 6 nitrogen and oxygen atoms in total. The van der Waals surface area contributed by atoms with Gasteiger partial charge < -0.3 is 5.09 Å². The fourth-order valence-electron chi connectivity index (χ4n) is 1.65. The van der Waals surface area contributed by atoms with Crippen LogP contribution in [0.5, 0.6) is 0 Å². The molecule has 0 bridgehead atoms. The molecule has 10 heteroatoms. The smallest absolute Gasteiger partial charge is 0.240 e. The van der Waals surface area contributed by atoms with Crippen LogP contribution in [-0.4, -0.2) is 36.5 Å². The molecular formula is C8H12BrN4O2PS2. The first-order valence-corrected chi connectivity index (χ1v) is 8.79. The predicted molar refractivity (Wildman–Crippen MR) is 79.0 cm³/mol. The average Bonchev–Trinajstić information content (AvgIpc) is 2.70. The number of rotatable bonds is 1. The van der Waals surface area contributed by atoms with Gasteiger partial charge in [0.05, 0.1) is 0 Å². The molecule has 0 saturated heterocycles. The molecule has 0 spiro atoms. The molecule has 2 atom stereocenters. The number of halogens is 1. The second kappa shape index (κ2) is 4.70. The van der Waals surface area contributed by atoms with E-state index < -0.39 is 15.6 Å². The fraction of sp³-hybridized carbons (Fsp3) is 0.500.